The average Bonchev–Trinajstić information content (AvgIpc) is 2.32. The fraction of sp³-hybridized carbons (Fsp3) is 0.400. The number of nitrogens with zero attached hydrogens (tertiary/aromatic N) is 4. The highest BCUT2D eigenvalue weighted by atomic mass is 16.6. The summed E-state index contributed by atoms with van der Waals surface area (Å²) in [5.74, 6) is -4.73. The van der Waals surface area contributed by atoms with Gasteiger partial charge in [-0.3, -0.25) is 38.4 Å². The smallest absolute Gasteiger partial charge is 0.355 e. The molecule has 432 valence electrons. The number of carbonyl (C=O) groups excluding carboxylic acids is 8. The third-order valence-electron chi connectivity index (χ3n) is 16.2. The topological polar surface area (TPSA) is 317 Å². The van der Waals surface area contributed by atoms with E-state index >= 15 is 0 Å². The SMILES string of the molecule is CC[C@@]1(OC(=O)CN)C(=O)OCc2c1cc1n(c2=O)Cc2cc3ccccc3nc2-1.CC[C@@]1(OC(=O)CNC(=O)CCC(NC)C(=O)NC(CCC(=O)NC2CCC2)C(C)=O)C(=O)OCc2c1cc1n(c2=O)Cc2cc3ccccc3nc2-1. The lowest BCUT2D eigenvalue weighted by molar-refractivity contribution is -0.189. The molecule has 4 aromatic heterocycles. The van der Waals surface area contributed by atoms with Gasteiger partial charge in [-0.25, -0.2) is 19.6 Å². The van der Waals surface area contributed by atoms with E-state index in [1.165, 1.54) is 14.0 Å². The van der Waals surface area contributed by atoms with Crippen LogP contribution in [0, 0.1) is 0 Å². The van der Waals surface area contributed by atoms with E-state index in [2.05, 4.69) is 21.3 Å². The Balaban J connectivity index is 0.000000215. The Kier molecular flexibility index (Phi) is 16.2. The van der Waals surface area contributed by atoms with Crippen LogP contribution in [-0.2, 0) is 94.8 Å². The average molecular weight is 1130 g/mol. The second-order valence-electron chi connectivity index (χ2n) is 21.2. The van der Waals surface area contributed by atoms with Gasteiger partial charge >= 0.3 is 23.9 Å². The minimum Gasteiger partial charge on any atom is -0.457 e. The first kappa shape index (κ1) is 57.3. The van der Waals surface area contributed by atoms with Crippen molar-refractivity contribution in [2.24, 2.45) is 5.73 Å². The number of ketones is 1. The van der Waals surface area contributed by atoms with Crippen molar-refractivity contribution in [2.75, 3.05) is 20.1 Å². The fourth-order valence-electron chi connectivity index (χ4n) is 11.3. The molecule has 4 atom stereocenters. The third kappa shape index (κ3) is 10.9. The Morgan fingerprint density at radius 3 is 1.66 bits per heavy atom. The zero-order valence-corrected chi connectivity index (χ0v) is 46.3. The molecule has 83 heavy (non-hydrogen) atoms. The molecule has 4 aliphatic heterocycles. The van der Waals surface area contributed by atoms with Gasteiger partial charge in [-0.2, -0.15) is 0 Å². The number of cyclic esters (lactones) is 2. The summed E-state index contributed by atoms with van der Waals surface area (Å²) >= 11 is 0. The number of benzene rings is 2. The van der Waals surface area contributed by atoms with Gasteiger partial charge in [0.05, 0.1) is 76.7 Å². The molecular weight excluding hydrogens is 1070 g/mol. The molecule has 8 heterocycles. The lowest BCUT2D eigenvalue weighted by Gasteiger charge is -2.35. The highest BCUT2D eigenvalue weighted by molar-refractivity contribution is 5.93. The molecule has 1 aliphatic carbocycles. The number of fused-ring (bicyclic) bond motifs is 10. The Morgan fingerprint density at radius 1 is 0.699 bits per heavy atom. The summed E-state index contributed by atoms with van der Waals surface area (Å²) in [5, 5.41) is 12.8. The van der Waals surface area contributed by atoms with E-state index in [0.717, 1.165) is 52.2 Å². The summed E-state index contributed by atoms with van der Waals surface area (Å²) in [6, 6.07) is 21.2. The number of esters is 4. The Bertz CT molecular complexity index is 3810. The molecule has 2 unspecified atom stereocenters. The van der Waals surface area contributed by atoms with Crippen LogP contribution in [0.4, 0.5) is 0 Å². The predicted octanol–water partition coefficient (Wildman–Crippen LogP) is 3.23. The zero-order valence-electron chi connectivity index (χ0n) is 46.3. The van der Waals surface area contributed by atoms with Crippen LogP contribution in [0.1, 0.15) is 112 Å². The predicted molar refractivity (Wildman–Crippen MR) is 299 cm³/mol. The van der Waals surface area contributed by atoms with Crippen LogP contribution >= 0.6 is 0 Å². The summed E-state index contributed by atoms with van der Waals surface area (Å²) in [6.45, 7) is 3.93. The molecule has 0 bridgehead atoms. The van der Waals surface area contributed by atoms with Gasteiger partial charge in [0.15, 0.2) is 5.78 Å². The van der Waals surface area contributed by atoms with E-state index in [1.54, 1.807) is 35.1 Å². The van der Waals surface area contributed by atoms with Crippen LogP contribution in [0.3, 0.4) is 0 Å². The largest absolute Gasteiger partial charge is 0.457 e. The minimum absolute atomic E-state index is 0.0362. The standard InChI is InChI=1S/C38H44N6O9.C22H19N3O5/c1-4-38(26-17-30-34-23(16-22-8-5-6-11-28(22)42-34)19-44(30)36(50)25(26)20-52-37(38)51)53-33(48)18-40-31(46)14-13-29(39-3)35(49)43-27(21(2)45)12-15-32(47)41-24-9-7-10-24;1-2-22(30-18(26)9-23)15-8-17-19-13(7-12-5-3-4-6-16(12)24-19)10-25(17)20(27)14(15)11-29-21(22)28/h5-6,8,11,16-17,24,27,29,39H,4,7,9-10,12-15,18-20H2,1-3H3,(H,40,46)(H,41,47)(H,43,49);3-8H,2,9-11,23H2,1H3/t27?,29?,38-;22-/m00/s1. The van der Waals surface area contributed by atoms with Crippen molar-refractivity contribution in [3.05, 3.63) is 127 Å². The summed E-state index contributed by atoms with van der Waals surface area (Å²) in [6.07, 6.45) is 3.15. The van der Waals surface area contributed by atoms with Crippen LogP contribution in [0.2, 0.25) is 0 Å². The van der Waals surface area contributed by atoms with E-state index in [9.17, 15) is 47.9 Å². The maximum absolute atomic E-state index is 13.8. The molecule has 3 amide bonds. The highest BCUT2D eigenvalue weighted by Gasteiger charge is 2.52. The summed E-state index contributed by atoms with van der Waals surface area (Å²) < 4.78 is 25.1. The van der Waals surface area contributed by atoms with Gasteiger partial charge in [0.25, 0.3) is 11.1 Å². The summed E-state index contributed by atoms with van der Waals surface area (Å²) in [7, 11) is 1.54. The van der Waals surface area contributed by atoms with E-state index in [1.807, 2.05) is 60.7 Å². The van der Waals surface area contributed by atoms with Gasteiger partial charge in [-0.15, -0.1) is 0 Å². The van der Waals surface area contributed by atoms with E-state index in [0.29, 0.717) is 47.0 Å². The first-order chi connectivity index (χ1) is 39.9. The molecule has 5 aliphatic rings. The Labute approximate surface area is 475 Å². The highest BCUT2D eigenvalue weighted by Crippen LogP contribution is 2.43. The third-order valence-corrected chi connectivity index (χ3v) is 16.2. The van der Waals surface area contributed by atoms with Crippen LogP contribution in [0.5, 0.6) is 0 Å². The van der Waals surface area contributed by atoms with E-state index in [-0.39, 0.29) is 98.3 Å². The van der Waals surface area contributed by atoms with Crippen molar-refractivity contribution in [1.29, 1.82) is 0 Å². The molecule has 0 radical (unpaired) electrons. The van der Waals surface area contributed by atoms with E-state index < -0.39 is 65.5 Å². The summed E-state index contributed by atoms with van der Waals surface area (Å²) in [5.41, 5.74) is 7.90. The van der Waals surface area contributed by atoms with Crippen molar-refractivity contribution in [3.63, 3.8) is 0 Å². The van der Waals surface area contributed by atoms with Gasteiger partial charge < -0.3 is 55.1 Å². The first-order valence-corrected chi connectivity index (χ1v) is 27.8. The molecular formula is C60H63N9O14. The fourth-order valence-corrected chi connectivity index (χ4v) is 11.3. The summed E-state index contributed by atoms with van der Waals surface area (Å²) in [4.78, 5) is 138. The van der Waals surface area contributed by atoms with E-state index in [4.69, 9.17) is 34.6 Å². The number of para-hydroxylation sites is 2. The molecule has 6 N–H and O–H groups in total. The van der Waals surface area contributed by atoms with Crippen molar-refractivity contribution >= 4 is 69.2 Å². The van der Waals surface area contributed by atoms with Crippen LogP contribution in [-0.4, -0.2) is 105 Å². The molecule has 0 spiro atoms. The minimum atomic E-state index is -1.93. The number of aromatic nitrogens is 4. The van der Waals surface area contributed by atoms with Crippen LogP contribution < -0.4 is 38.1 Å². The number of rotatable bonds is 18. The number of likely N-dealkylation sites (N-methyl/N-ethyl adjacent to an activating group) is 1. The molecule has 6 aromatic rings. The van der Waals surface area contributed by atoms with Crippen molar-refractivity contribution in [2.45, 2.75) is 134 Å². The van der Waals surface area contributed by atoms with Gasteiger partial charge in [0, 0.05) is 51.9 Å². The van der Waals surface area contributed by atoms with Crippen LogP contribution in [0.15, 0.2) is 82.4 Å². The molecule has 2 aromatic carbocycles. The number of pyridine rings is 4. The number of Topliss-reactive ketones (excluding diaryl/α,β-unsaturated/α-hetero) is 1. The number of nitrogens with two attached hydrogens (primary N) is 1. The van der Waals surface area contributed by atoms with Crippen molar-refractivity contribution in [1.82, 2.24) is 40.4 Å². The molecule has 0 saturated heterocycles. The number of ether oxygens (including phenoxy) is 4. The molecule has 1 saturated carbocycles. The van der Waals surface area contributed by atoms with Gasteiger partial charge in [0.2, 0.25) is 28.9 Å². The van der Waals surface area contributed by atoms with Gasteiger partial charge in [0.1, 0.15) is 19.8 Å². The van der Waals surface area contributed by atoms with Crippen molar-refractivity contribution < 1.29 is 57.3 Å². The number of nitrogens with one attached hydrogen (secondary N) is 4. The number of amides is 3. The number of hydrogen-bond donors (Lipinski definition) is 5. The van der Waals surface area contributed by atoms with Gasteiger partial charge in [-0.1, -0.05) is 50.2 Å². The molecule has 23 nitrogen and oxygen atoms in total. The zero-order chi connectivity index (χ0) is 58.9. The normalized spacial score (nSPS) is 18.6. The second-order valence-corrected chi connectivity index (χ2v) is 21.2. The number of carbonyl (C=O) groups is 8. The maximum Gasteiger partial charge on any atom is 0.355 e. The lowest BCUT2D eigenvalue weighted by Crippen LogP contribution is -2.50. The number of hydrogen-bond acceptors (Lipinski definition) is 18. The van der Waals surface area contributed by atoms with Crippen LogP contribution in [0.25, 0.3) is 44.6 Å². The molecule has 11 rings (SSSR count). The molecule has 23 heteroatoms. The Hall–Kier alpha value is -8.96. The maximum atomic E-state index is 13.8. The quantitative estimate of drug-likeness (QED) is 0.0608. The van der Waals surface area contributed by atoms with Crippen molar-refractivity contribution in [3.8, 4) is 22.8 Å². The second kappa shape index (κ2) is 23.5. The lowest BCUT2D eigenvalue weighted by atomic mass is 9.85. The Morgan fingerprint density at radius 2 is 1.19 bits per heavy atom. The molecule has 1 fully saturated rings. The first-order valence-electron chi connectivity index (χ1n) is 27.8. The monoisotopic (exact) mass is 1130 g/mol. The van der Waals surface area contributed by atoms with Gasteiger partial charge in [-0.05, 0) is 95.3 Å².